The second kappa shape index (κ2) is 6.56. The molecule has 20 heavy (non-hydrogen) atoms. The monoisotopic (exact) mass is 271 g/mol. The molecule has 0 aliphatic rings. The Morgan fingerprint density at radius 1 is 0.950 bits per heavy atom. The largest absolute Gasteiger partial charge is 0.378 e. The summed E-state index contributed by atoms with van der Waals surface area (Å²) in [5.41, 5.74) is 3.09. The van der Waals surface area contributed by atoms with Gasteiger partial charge in [-0.1, -0.05) is 57.2 Å². The Balaban J connectivity index is 2.30. The Bertz CT molecular complexity index is 563. The van der Waals surface area contributed by atoms with Crippen LogP contribution in [0.15, 0.2) is 48.5 Å². The molecule has 2 rings (SSSR count). The first kappa shape index (κ1) is 14.6. The van der Waals surface area contributed by atoms with E-state index in [0.29, 0.717) is 5.92 Å². The molecular formula is C18H22FN. The van der Waals surface area contributed by atoms with Crippen LogP contribution in [0.3, 0.4) is 0 Å². The van der Waals surface area contributed by atoms with Gasteiger partial charge < -0.3 is 5.32 Å². The molecule has 0 spiro atoms. The molecule has 2 aromatic rings. The van der Waals surface area contributed by atoms with Crippen molar-refractivity contribution in [2.24, 2.45) is 0 Å². The molecule has 106 valence electrons. The van der Waals surface area contributed by atoms with E-state index in [1.165, 1.54) is 11.6 Å². The summed E-state index contributed by atoms with van der Waals surface area (Å²) in [5.74, 6) is 0.297. The molecule has 0 amide bonds. The van der Waals surface area contributed by atoms with Gasteiger partial charge in [0.2, 0.25) is 0 Å². The zero-order chi connectivity index (χ0) is 14.5. The van der Waals surface area contributed by atoms with Gasteiger partial charge >= 0.3 is 0 Å². The van der Waals surface area contributed by atoms with Crippen molar-refractivity contribution in [2.45, 2.75) is 39.2 Å². The van der Waals surface area contributed by atoms with Crippen LogP contribution in [0.1, 0.15) is 50.3 Å². The maximum atomic E-state index is 13.9. The second-order valence-electron chi connectivity index (χ2n) is 5.37. The van der Waals surface area contributed by atoms with E-state index < -0.39 is 0 Å². The highest BCUT2D eigenvalue weighted by atomic mass is 19.1. The van der Waals surface area contributed by atoms with Gasteiger partial charge in [0.25, 0.3) is 0 Å². The van der Waals surface area contributed by atoms with E-state index in [-0.39, 0.29) is 11.9 Å². The molecule has 0 bridgehead atoms. The number of hydrogen-bond acceptors (Lipinski definition) is 1. The van der Waals surface area contributed by atoms with Crippen molar-refractivity contribution in [2.75, 3.05) is 5.32 Å². The van der Waals surface area contributed by atoms with E-state index in [9.17, 15) is 4.39 Å². The van der Waals surface area contributed by atoms with Gasteiger partial charge in [-0.25, -0.2) is 4.39 Å². The Labute approximate surface area is 120 Å². The van der Waals surface area contributed by atoms with Crippen LogP contribution >= 0.6 is 0 Å². The third-order valence-electron chi connectivity index (χ3n) is 3.60. The average molecular weight is 271 g/mol. The van der Waals surface area contributed by atoms with E-state index in [1.807, 2.05) is 24.3 Å². The molecule has 0 radical (unpaired) electrons. The molecule has 0 heterocycles. The zero-order valence-corrected chi connectivity index (χ0v) is 12.4. The fraction of sp³-hybridized carbons (Fsp3) is 0.333. The molecule has 0 fully saturated rings. The summed E-state index contributed by atoms with van der Waals surface area (Å²) in [4.78, 5) is 0. The topological polar surface area (TPSA) is 12.0 Å². The zero-order valence-electron chi connectivity index (χ0n) is 12.4. The number of para-hydroxylation sites is 1. The van der Waals surface area contributed by atoms with Crippen LogP contribution in [0.2, 0.25) is 0 Å². The molecule has 0 aliphatic heterocycles. The highest BCUT2D eigenvalue weighted by Gasteiger charge is 2.15. The second-order valence-corrected chi connectivity index (χ2v) is 5.37. The summed E-state index contributed by atoms with van der Waals surface area (Å²) in [6.45, 7) is 6.41. The number of hydrogen-bond donors (Lipinski definition) is 1. The van der Waals surface area contributed by atoms with E-state index in [4.69, 9.17) is 0 Å². The van der Waals surface area contributed by atoms with Crippen molar-refractivity contribution in [3.63, 3.8) is 0 Å². The van der Waals surface area contributed by atoms with E-state index in [2.05, 4.69) is 38.2 Å². The number of rotatable bonds is 5. The Hall–Kier alpha value is -1.83. The molecule has 2 aromatic carbocycles. The minimum Gasteiger partial charge on any atom is -0.378 e. The van der Waals surface area contributed by atoms with Gasteiger partial charge in [-0.2, -0.15) is 0 Å². The van der Waals surface area contributed by atoms with Crippen molar-refractivity contribution < 1.29 is 4.39 Å². The predicted octanol–water partition coefficient (Wildman–Crippen LogP) is 5.51. The molecule has 1 N–H and O–H groups in total. The molecular weight excluding hydrogens is 249 g/mol. The minimum atomic E-state index is -0.145. The standard InChI is InChI=1S/C18H22FN/c1-4-17(15-10-5-7-11-16(15)19)20-18-12-8-6-9-14(18)13(2)3/h5-13,17,20H,4H2,1-3H3. The van der Waals surface area contributed by atoms with E-state index in [1.54, 1.807) is 6.07 Å². The molecule has 1 nitrogen and oxygen atoms in total. The third kappa shape index (κ3) is 3.19. The molecule has 1 unspecified atom stereocenters. The lowest BCUT2D eigenvalue weighted by Gasteiger charge is -2.22. The first-order valence-corrected chi connectivity index (χ1v) is 7.23. The van der Waals surface area contributed by atoms with Crippen molar-refractivity contribution >= 4 is 5.69 Å². The minimum absolute atomic E-state index is 0.00361. The molecule has 1 atom stereocenters. The van der Waals surface area contributed by atoms with Gasteiger partial charge in [-0.15, -0.1) is 0 Å². The molecule has 0 aliphatic carbocycles. The number of halogens is 1. The highest BCUT2D eigenvalue weighted by molar-refractivity contribution is 5.54. The van der Waals surface area contributed by atoms with Gasteiger partial charge in [0, 0.05) is 11.3 Å². The lowest BCUT2D eigenvalue weighted by atomic mass is 9.98. The van der Waals surface area contributed by atoms with Crippen LogP contribution in [0, 0.1) is 5.82 Å². The normalized spacial score (nSPS) is 12.4. The Morgan fingerprint density at radius 3 is 2.15 bits per heavy atom. The van der Waals surface area contributed by atoms with E-state index >= 15 is 0 Å². The number of benzene rings is 2. The summed E-state index contributed by atoms with van der Waals surface area (Å²) >= 11 is 0. The van der Waals surface area contributed by atoms with Crippen LogP contribution in [-0.4, -0.2) is 0 Å². The van der Waals surface area contributed by atoms with Crippen molar-refractivity contribution in [1.82, 2.24) is 0 Å². The summed E-state index contributed by atoms with van der Waals surface area (Å²) in [7, 11) is 0. The Morgan fingerprint density at radius 2 is 1.55 bits per heavy atom. The van der Waals surface area contributed by atoms with Crippen LogP contribution < -0.4 is 5.32 Å². The van der Waals surface area contributed by atoms with Gasteiger partial charge in [-0.3, -0.25) is 0 Å². The molecule has 0 saturated heterocycles. The SMILES string of the molecule is CCC(Nc1ccccc1C(C)C)c1ccccc1F. The lowest BCUT2D eigenvalue weighted by Crippen LogP contribution is -2.13. The average Bonchev–Trinajstić information content (AvgIpc) is 2.46. The van der Waals surface area contributed by atoms with Crippen molar-refractivity contribution in [3.8, 4) is 0 Å². The third-order valence-corrected chi connectivity index (χ3v) is 3.60. The lowest BCUT2D eigenvalue weighted by molar-refractivity contribution is 0.587. The number of nitrogens with one attached hydrogen (secondary N) is 1. The van der Waals surface area contributed by atoms with Crippen LogP contribution in [0.25, 0.3) is 0 Å². The maximum Gasteiger partial charge on any atom is 0.128 e. The van der Waals surface area contributed by atoms with Gasteiger partial charge in [0.05, 0.1) is 6.04 Å². The smallest absolute Gasteiger partial charge is 0.128 e. The van der Waals surface area contributed by atoms with Crippen LogP contribution in [0.5, 0.6) is 0 Å². The summed E-state index contributed by atoms with van der Waals surface area (Å²) in [6, 6.07) is 15.2. The Kier molecular flexibility index (Phi) is 4.78. The highest BCUT2D eigenvalue weighted by Crippen LogP contribution is 2.29. The summed E-state index contributed by atoms with van der Waals surface area (Å²) in [5, 5.41) is 3.50. The number of anilines is 1. The van der Waals surface area contributed by atoms with Gasteiger partial charge in [-0.05, 0) is 30.0 Å². The first-order valence-electron chi connectivity index (χ1n) is 7.23. The van der Waals surface area contributed by atoms with Crippen LogP contribution in [-0.2, 0) is 0 Å². The van der Waals surface area contributed by atoms with Gasteiger partial charge in [0.15, 0.2) is 0 Å². The van der Waals surface area contributed by atoms with Crippen molar-refractivity contribution in [3.05, 3.63) is 65.5 Å². The van der Waals surface area contributed by atoms with Crippen LogP contribution in [0.4, 0.5) is 10.1 Å². The summed E-state index contributed by atoms with van der Waals surface area (Å²) in [6.07, 6.45) is 0.841. The van der Waals surface area contributed by atoms with Crippen molar-refractivity contribution in [1.29, 1.82) is 0 Å². The predicted molar refractivity (Wildman–Crippen MR) is 83.6 cm³/mol. The molecule has 2 heteroatoms. The van der Waals surface area contributed by atoms with Gasteiger partial charge in [0.1, 0.15) is 5.82 Å². The fourth-order valence-corrected chi connectivity index (χ4v) is 2.48. The quantitative estimate of drug-likeness (QED) is 0.755. The molecule has 0 saturated carbocycles. The summed E-state index contributed by atoms with van der Waals surface area (Å²) < 4.78 is 13.9. The van der Waals surface area contributed by atoms with E-state index in [0.717, 1.165) is 17.7 Å². The maximum absolute atomic E-state index is 13.9. The fourth-order valence-electron chi connectivity index (χ4n) is 2.48. The molecule has 0 aromatic heterocycles. The first-order chi connectivity index (χ1) is 9.63.